The van der Waals surface area contributed by atoms with Crippen LogP contribution in [0.4, 0.5) is 11.6 Å². The molecule has 1 aliphatic carbocycles. The molecule has 1 aromatic carbocycles. The monoisotopic (exact) mass is 282 g/mol. The van der Waals surface area contributed by atoms with Crippen molar-refractivity contribution in [2.45, 2.75) is 38.6 Å². The second kappa shape index (κ2) is 6.57. The highest BCUT2D eigenvalue weighted by Gasteiger charge is 2.19. The van der Waals surface area contributed by atoms with E-state index in [1.54, 1.807) is 6.33 Å². The van der Waals surface area contributed by atoms with Gasteiger partial charge in [0.2, 0.25) is 0 Å². The Morgan fingerprint density at radius 1 is 1.19 bits per heavy atom. The van der Waals surface area contributed by atoms with Gasteiger partial charge in [-0.25, -0.2) is 9.97 Å². The Hall–Kier alpha value is -2.10. The van der Waals surface area contributed by atoms with Gasteiger partial charge in [-0.15, -0.1) is 0 Å². The molecule has 0 radical (unpaired) electrons. The number of aromatic nitrogens is 2. The van der Waals surface area contributed by atoms with Crippen molar-refractivity contribution in [1.82, 2.24) is 9.97 Å². The van der Waals surface area contributed by atoms with Crippen molar-refractivity contribution in [3.8, 4) is 0 Å². The fourth-order valence-corrected chi connectivity index (χ4v) is 2.87. The second-order valence-electron chi connectivity index (χ2n) is 5.50. The molecule has 0 fully saturated rings. The Balaban J connectivity index is 1.75. The number of fused-ring (bicyclic) bond motifs is 1. The van der Waals surface area contributed by atoms with E-state index in [-0.39, 0.29) is 0 Å². The first-order valence-corrected chi connectivity index (χ1v) is 7.77. The third-order valence-electron chi connectivity index (χ3n) is 3.91. The Labute approximate surface area is 126 Å². The quantitative estimate of drug-likeness (QED) is 0.876. The zero-order valence-electron chi connectivity index (χ0n) is 12.5. The molecule has 0 amide bonds. The lowest BCUT2D eigenvalue weighted by Gasteiger charge is -2.26. The topological polar surface area (TPSA) is 49.8 Å². The van der Waals surface area contributed by atoms with Crippen LogP contribution in [0.15, 0.2) is 36.7 Å². The fraction of sp³-hybridized carbons (Fsp3) is 0.412. The normalized spacial score (nSPS) is 17.1. The van der Waals surface area contributed by atoms with Gasteiger partial charge < -0.3 is 10.6 Å². The SMILES string of the molecule is CCCNc1cc(NC2CCCc3ccccc32)ncn1. The van der Waals surface area contributed by atoms with Crippen molar-refractivity contribution >= 4 is 11.6 Å². The summed E-state index contributed by atoms with van der Waals surface area (Å²) in [6, 6.07) is 11.0. The van der Waals surface area contributed by atoms with E-state index in [1.807, 2.05) is 6.07 Å². The summed E-state index contributed by atoms with van der Waals surface area (Å²) >= 11 is 0. The molecule has 1 heterocycles. The van der Waals surface area contributed by atoms with Gasteiger partial charge in [-0.1, -0.05) is 31.2 Å². The Morgan fingerprint density at radius 3 is 2.95 bits per heavy atom. The number of nitrogens with one attached hydrogen (secondary N) is 2. The van der Waals surface area contributed by atoms with Crippen LogP contribution in [0, 0.1) is 0 Å². The molecule has 0 bridgehead atoms. The average Bonchev–Trinajstić information content (AvgIpc) is 2.54. The molecule has 2 N–H and O–H groups in total. The van der Waals surface area contributed by atoms with E-state index in [1.165, 1.54) is 24.0 Å². The third kappa shape index (κ3) is 3.32. The highest BCUT2D eigenvalue weighted by atomic mass is 15.1. The maximum absolute atomic E-state index is 4.35. The highest BCUT2D eigenvalue weighted by molar-refractivity contribution is 5.48. The summed E-state index contributed by atoms with van der Waals surface area (Å²) in [6.07, 6.45) is 6.26. The van der Waals surface area contributed by atoms with E-state index in [4.69, 9.17) is 0 Å². The van der Waals surface area contributed by atoms with Crippen LogP contribution in [0.5, 0.6) is 0 Å². The van der Waals surface area contributed by atoms with Crippen molar-refractivity contribution in [3.63, 3.8) is 0 Å². The van der Waals surface area contributed by atoms with Crippen molar-refractivity contribution in [2.75, 3.05) is 17.2 Å². The summed E-state index contributed by atoms with van der Waals surface area (Å²) in [4.78, 5) is 8.60. The molecular weight excluding hydrogens is 260 g/mol. The van der Waals surface area contributed by atoms with Crippen LogP contribution >= 0.6 is 0 Å². The van der Waals surface area contributed by atoms with E-state index >= 15 is 0 Å². The summed E-state index contributed by atoms with van der Waals surface area (Å²) in [7, 11) is 0. The molecule has 0 saturated carbocycles. The predicted octanol–water partition coefficient (Wildman–Crippen LogP) is 3.79. The van der Waals surface area contributed by atoms with Gasteiger partial charge in [0, 0.05) is 12.6 Å². The molecule has 110 valence electrons. The number of rotatable bonds is 5. The fourth-order valence-electron chi connectivity index (χ4n) is 2.87. The molecular formula is C17H22N4. The van der Waals surface area contributed by atoms with Gasteiger partial charge in [0.25, 0.3) is 0 Å². The van der Waals surface area contributed by atoms with Gasteiger partial charge >= 0.3 is 0 Å². The Kier molecular flexibility index (Phi) is 4.34. The minimum absolute atomic E-state index is 0.351. The van der Waals surface area contributed by atoms with Crippen LogP contribution in [0.25, 0.3) is 0 Å². The lowest BCUT2D eigenvalue weighted by Crippen LogP contribution is -2.18. The van der Waals surface area contributed by atoms with E-state index in [0.29, 0.717) is 6.04 Å². The molecule has 1 unspecified atom stereocenters. The van der Waals surface area contributed by atoms with Crippen LogP contribution in [-0.4, -0.2) is 16.5 Å². The molecule has 1 aliphatic rings. The standard InChI is InChI=1S/C17H22N4/c1-2-10-18-16-11-17(20-12-19-16)21-15-9-5-7-13-6-3-4-8-14(13)15/h3-4,6,8,11-12,15H,2,5,7,9-10H2,1H3,(H2,18,19,20,21). The zero-order valence-corrected chi connectivity index (χ0v) is 12.5. The zero-order chi connectivity index (χ0) is 14.5. The van der Waals surface area contributed by atoms with Gasteiger partial charge in [-0.05, 0) is 36.8 Å². The molecule has 0 saturated heterocycles. The second-order valence-corrected chi connectivity index (χ2v) is 5.50. The summed E-state index contributed by atoms with van der Waals surface area (Å²) in [5.41, 5.74) is 2.87. The number of hydrogen-bond donors (Lipinski definition) is 2. The van der Waals surface area contributed by atoms with Crippen molar-refractivity contribution in [3.05, 3.63) is 47.8 Å². The van der Waals surface area contributed by atoms with Crippen molar-refractivity contribution < 1.29 is 0 Å². The summed E-state index contributed by atoms with van der Waals surface area (Å²) in [5.74, 6) is 1.78. The predicted molar refractivity (Wildman–Crippen MR) is 86.6 cm³/mol. The maximum atomic E-state index is 4.35. The Bertz CT molecular complexity index is 597. The third-order valence-corrected chi connectivity index (χ3v) is 3.91. The van der Waals surface area contributed by atoms with Crippen molar-refractivity contribution in [2.24, 2.45) is 0 Å². The number of aryl methyl sites for hydroxylation is 1. The number of anilines is 2. The maximum Gasteiger partial charge on any atom is 0.131 e. The largest absolute Gasteiger partial charge is 0.370 e. The van der Waals surface area contributed by atoms with Gasteiger partial charge in [-0.3, -0.25) is 0 Å². The molecule has 3 rings (SSSR count). The summed E-state index contributed by atoms with van der Waals surface area (Å²) in [5, 5.41) is 6.86. The van der Waals surface area contributed by atoms with Crippen molar-refractivity contribution in [1.29, 1.82) is 0 Å². The minimum atomic E-state index is 0.351. The lowest BCUT2D eigenvalue weighted by atomic mass is 9.88. The molecule has 1 aromatic heterocycles. The highest BCUT2D eigenvalue weighted by Crippen LogP contribution is 2.32. The van der Waals surface area contributed by atoms with E-state index < -0.39 is 0 Å². The first kappa shape index (κ1) is 13.9. The van der Waals surface area contributed by atoms with Gasteiger partial charge in [-0.2, -0.15) is 0 Å². The van der Waals surface area contributed by atoms with E-state index in [0.717, 1.165) is 31.0 Å². The van der Waals surface area contributed by atoms with Crippen LogP contribution in [-0.2, 0) is 6.42 Å². The molecule has 4 nitrogen and oxygen atoms in total. The van der Waals surface area contributed by atoms with Gasteiger partial charge in [0.05, 0.1) is 6.04 Å². The van der Waals surface area contributed by atoms with Crippen LogP contribution < -0.4 is 10.6 Å². The summed E-state index contributed by atoms with van der Waals surface area (Å²) in [6.45, 7) is 3.08. The molecule has 4 heteroatoms. The van der Waals surface area contributed by atoms with Gasteiger partial charge in [0.1, 0.15) is 18.0 Å². The number of nitrogens with zero attached hydrogens (tertiary/aromatic N) is 2. The molecule has 21 heavy (non-hydrogen) atoms. The first-order valence-electron chi connectivity index (χ1n) is 7.77. The van der Waals surface area contributed by atoms with Gasteiger partial charge in [0.15, 0.2) is 0 Å². The smallest absolute Gasteiger partial charge is 0.131 e. The van der Waals surface area contributed by atoms with Crippen LogP contribution in [0.3, 0.4) is 0 Å². The van der Waals surface area contributed by atoms with E-state index in [9.17, 15) is 0 Å². The molecule has 0 spiro atoms. The Morgan fingerprint density at radius 2 is 2.05 bits per heavy atom. The minimum Gasteiger partial charge on any atom is -0.370 e. The lowest BCUT2D eigenvalue weighted by molar-refractivity contribution is 0.598. The average molecular weight is 282 g/mol. The summed E-state index contributed by atoms with van der Waals surface area (Å²) < 4.78 is 0. The van der Waals surface area contributed by atoms with Crippen LogP contribution in [0.1, 0.15) is 43.4 Å². The van der Waals surface area contributed by atoms with Crippen LogP contribution in [0.2, 0.25) is 0 Å². The first-order chi connectivity index (χ1) is 10.4. The van der Waals surface area contributed by atoms with E-state index in [2.05, 4.69) is 51.8 Å². The number of benzene rings is 1. The molecule has 2 aromatic rings. The molecule has 1 atom stereocenters. The number of hydrogen-bond acceptors (Lipinski definition) is 4. The molecule has 0 aliphatic heterocycles.